The lowest BCUT2D eigenvalue weighted by Gasteiger charge is -2.19. The van der Waals surface area contributed by atoms with E-state index in [9.17, 15) is 35.1 Å². The Balaban J connectivity index is 1.36. The summed E-state index contributed by atoms with van der Waals surface area (Å²) in [6.45, 7) is 1.86. The van der Waals surface area contributed by atoms with E-state index in [-0.39, 0.29) is 27.8 Å². The smallest absolute Gasteiger partial charge is 0.426 e. The number of hydrogen-bond donors (Lipinski definition) is 0. The molecule has 5 aromatic rings. The standard InChI is InChI=1S/C32H18F8O/c1-17-2-4-18(5-3-17)24-12-13-25(30(37)29(24)36)19-6-8-21(9-7-19)32(39,40)41-22-10-11-23(26(33)16-22)20-14-27(34)31(38)28(35)15-20/h2-16H,1H3. The van der Waals surface area contributed by atoms with Crippen molar-refractivity contribution in [1.29, 1.82) is 0 Å². The Morgan fingerprint density at radius 2 is 0.976 bits per heavy atom. The predicted molar refractivity (Wildman–Crippen MR) is 138 cm³/mol. The molecule has 0 aliphatic rings. The Hall–Kier alpha value is -4.66. The van der Waals surface area contributed by atoms with Crippen molar-refractivity contribution in [3.63, 3.8) is 0 Å². The minimum Gasteiger partial charge on any atom is -0.429 e. The van der Waals surface area contributed by atoms with Crippen LogP contribution in [0.2, 0.25) is 0 Å². The molecule has 5 rings (SSSR count). The first-order chi connectivity index (χ1) is 19.4. The van der Waals surface area contributed by atoms with Crippen LogP contribution in [0.1, 0.15) is 11.1 Å². The second kappa shape index (κ2) is 10.7. The molecular weight excluding hydrogens is 552 g/mol. The molecule has 0 fully saturated rings. The maximum Gasteiger partial charge on any atom is 0.426 e. The summed E-state index contributed by atoms with van der Waals surface area (Å²) in [7, 11) is 0. The number of benzene rings is 5. The second-order valence-corrected chi connectivity index (χ2v) is 9.25. The van der Waals surface area contributed by atoms with Crippen molar-refractivity contribution in [1.82, 2.24) is 0 Å². The SMILES string of the molecule is Cc1ccc(-c2ccc(-c3ccc(C(F)(F)Oc4ccc(-c5cc(F)c(F)c(F)c5)c(F)c4)cc3)c(F)c2F)cc1. The number of ether oxygens (including phenoxy) is 1. The van der Waals surface area contributed by atoms with Gasteiger partial charge in [0.15, 0.2) is 29.1 Å². The van der Waals surface area contributed by atoms with Gasteiger partial charge in [-0.15, -0.1) is 0 Å². The summed E-state index contributed by atoms with van der Waals surface area (Å²) in [5, 5.41) is 0. The van der Waals surface area contributed by atoms with Crippen molar-refractivity contribution < 1.29 is 39.9 Å². The maximum atomic E-state index is 14.9. The zero-order chi connectivity index (χ0) is 29.5. The molecule has 9 heteroatoms. The molecule has 5 aromatic carbocycles. The lowest BCUT2D eigenvalue weighted by Crippen LogP contribution is -2.21. The fraction of sp³-hybridized carbons (Fsp3) is 0.0625. The lowest BCUT2D eigenvalue weighted by molar-refractivity contribution is -0.185. The molecule has 0 saturated carbocycles. The van der Waals surface area contributed by atoms with Gasteiger partial charge in [-0.1, -0.05) is 54.1 Å². The normalized spacial score (nSPS) is 11.5. The highest BCUT2D eigenvalue weighted by molar-refractivity contribution is 5.72. The molecule has 208 valence electrons. The van der Waals surface area contributed by atoms with E-state index in [0.717, 1.165) is 42.0 Å². The highest BCUT2D eigenvalue weighted by Gasteiger charge is 2.35. The van der Waals surface area contributed by atoms with E-state index in [2.05, 4.69) is 4.74 Å². The van der Waals surface area contributed by atoms with Gasteiger partial charge in [-0.3, -0.25) is 0 Å². The molecule has 0 spiro atoms. The molecule has 0 aliphatic heterocycles. The largest absolute Gasteiger partial charge is 0.429 e. The van der Waals surface area contributed by atoms with Crippen LogP contribution in [0.3, 0.4) is 0 Å². The van der Waals surface area contributed by atoms with Gasteiger partial charge < -0.3 is 4.74 Å². The molecule has 0 N–H and O–H groups in total. The van der Waals surface area contributed by atoms with E-state index < -0.39 is 52.3 Å². The summed E-state index contributed by atoms with van der Waals surface area (Å²) in [6, 6.07) is 17.5. The second-order valence-electron chi connectivity index (χ2n) is 9.25. The molecule has 0 aliphatic carbocycles. The summed E-state index contributed by atoms with van der Waals surface area (Å²) in [5.74, 6) is -8.80. The number of halogens is 8. The van der Waals surface area contributed by atoms with Gasteiger partial charge in [0.1, 0.15) is 11.6 Å². The summed E-state index contributed by atoms with van der Waals surface area (Å²) in [6.07, 6.45) is -3.97. The molecule has 0 amide bonds. The highest BCUT2D eigenvalue weighted by atomic mass is 19.3. The van der Waals surface area contributed by atoms with Crippen molar-refractivity contribution >= 4 is 0 Å². The lowest BCUT2D eigenvalue weighted by atomic mass is 9.97. The number of alkyl halides is 2. The van der Waals surface area contributed by atoms with Crippen LogP contribution < -0.4 is 4.74 Å². The third-order valence-corrected chi connectivity index (χ3v) is 6.46. The van der Waals surface area contributed by atoms with Crippen LogP contribution in [0.25, 0.3) is 33.4 Å². The Morgan fingerprint density at radius 1 is 0.488 bits per heavy atom. The first-order valence-corrected chi connectivity index (χ1v) is 12.1. The van der Waals surface area contributed by atoms with Crippen molar-refractivity contribution in [2.45, 2.75) is 13.0 Å². The first kappa shape index (κ1) is 27.9. The fourth-order valence-electron chi connectivity index (χ4n) is 4.28. The van der Waals surface area contributed by atoms with Gasteiger partial charge in [0, 0.05) is 22.8 Å². The van der Waals surface area contributed by atoms with Crippen LogP contribution >= 0.6 is 0 Å². The topological polar surface area (TPSA) is 9.23 Å². The van der Waals surface area contributed by atoms with Crippen LogP contribution in [0, 0.1) is 41.8 Å². The molecule has 0 bridgehead atoms. The molecule has 0 atom stereocenters. The van der Waals surface area contributed by atoms with E-state index in [1.807, 2.05) is 6.92 Å². The monoisotopic (exact) mass is 570 g/mol. The highest BCUT2D eigenvalue weighted by Crippen LogP contribution is 2.37. The van der Waals surface area contributed by atoms with Crippen molar-refractivity contribution in [3.8, 4) is 39.1 Å². The average Bonchev–Trinajstić information content (AvgIpc) is 2.93. The average molecular weight is 570 g/mol. The van der Waals surface area contributed by atoms with Crippen LogP contribution in [-0.4, -0.2) is 0 Å². The minimum absolute atomic E-state index is 0.0516. The summed E-state index contributed by atoms with van der Waals surface area (Å²) < 4.78 is 119. The number of rotatable bonds is 6. The van der Waals surface area contributed by atoms with Gasteiger partial charge >= 0.3 is 6.11 Å². The molecule has 1 nitrogen and oxygen atoms in total. The van der Waals surface area contributed by atoms with Crippen LogP contribution in [0.15, 0.2) is 91.0 Å². The van der Waals surface area contributed by atoms with Gasteiger partial charge in [0.2, 0.25) is 0 Å². The fourth-order valence-corrected chi connectivity index (χ4v) is 4.28. The molecule has 0 unspecified atom stereocenters. The Bertz CT molecular complexity index is 1720. The Kier molecular flexibility index (Phi) is 7.29. The van der Waals surface area contributed by atoms with Crippen LogP contribution in [0.5, 0.6) is 5.75 Å². The van der Waals surface area contributed by atoms with Gasteiger partial charge in [0.25, 0.3) is 0 Å². The molecule has 0 heterocycles. The summed E-state index contributed by atoms with van der Waals surface area (Å²) in [4.78, 5) is 0. The predicted octanol–water partition coefficient (Wildman–Crippen LogP) is 9.96. The molecular formula is C32H18F8O. The number of aryl methyl sites for hydroxylation is 1. The quantitative estimate of drug-likeness (QED) is 0.146. The zero-order valence-electron chi connectivity index (χ0n) is 21.1. The van der Waals surface area contributed by atoms with Gasteiger partial charge in [0.05, 0.1) is 5.56 Å². The van der Waals surface area contributed by atoms with E-state index in [0.29, 0.717) is 23.8 Å². The van der Waals surface area contributed by atoms with E-state index in [4.69, 9.17) is 0 Å². The molecule has 0 aromatic heterocycles. The van der Waals surface area contributed by atoms with Crippen molar-refractivity contribution in [2.24, 2.45) is 0 Å². The van der Waals surface area contributed by atoms with E-state index >= 15 is 0 Å². The number of hydrogen-bond acceptors (Lipinski definition) is 1. The van der Waals surface area contributed by atoms with E-state index in [1.54, 1.807) is 24.3 Å². The van der Waals surface area contributed by atoms with Gasteiger partial charge in [-0.25, -0.2) is 26.3 Å². The van der Waals surface area contributed by atoms with Crippen LogP contribution in [-0.2, 0) is 6.11 Å². The third kappa shape index (κ3) is 5.52. The van der Waals surface area contributed by atoms with Gasteiger partial charge in [-0.05, 0) is 60.0 Å². The zero-order valence-corrected chi connectivity index (χ0v) is 21.1. The first-order valence-electron chi connectivity index (χ1n) is 12.1. The third-order valence-electron chi connectivity index (χ3n) is 6.46. The van der Waals surface area contributed by atoms with Gasteiger partial charge in [-0.2, -0.15) is 8.78 Å². The Labute approximate surface area is 229 Å². The van der Waals surface area contributed by atoms with Crippen molar-refractivity contribution in [3.05, 3.63) is 137 Å². The molecule has 41 heavy (non-hydrogen) atoms. The summed E-state index contributed by atoms with van der Waals surface area (Å²) >= 11 is 0. The summed E-state index contributed by atoms with van der Waals surface area (Å²) in [5.41, 5.74) is 0.0981. The Morgan fingerprint density at radius 3 is 1.49 bits per heavy atom. The van der Waals surface area contributed by atoms with E-state index in [1.165, 1.54) is 12.1 Å². The van der Waals surface area contributed by atoms with Crippen LogP contribution in [0.4, 0.5) is 35.1 Å². The van der Waals surface area contributed by atoms with Crippen molar-refractivity contribution in [2.75, 3.05) is 0 Å². The maximum absolute atomic E-state index is 14.9. The molecule has 0 saturated heterocycles. The molecule has 0 radical (unpaired) electrons. The minimum atomic E-state index is -3.97.